The number of carbonyl (C=O) groups is 1. The maximum Gasteiger partial charge on any atom is 0.337 e. The molecule has 45 heavy (non-hydrogen) atoms. The number of carboxylic acid groups (broad SMARTS) is 1. The van der Waals surface area contributed by atoms with Crippen LogP contribution in [-0.4, -0.2) is 71.3 Å². The van der Waals surface area contributed by atoms with Gasteiger partial charge in [-0.1, -0.05) is 43.2 Å². The van der Waals surface area contributed by atoms with E-state index >= 15 is 0 Å². The van der Waals surface area contributed by atoms with Crippen molar-refractivity contribution >= 4 is 51.2 Å². The summed E-state index contributed by atoms with van der Waals surface area (Å²) in [5, 5.41) is 11.9. The molecule has 8 nitrogen and oxygen atoms in total. The van der Waals surface area contributed by atoms with E-state index in [0.717, 1.165) is 73.0 Å². The Morgan fingerprint density at radius 3 is 2.60 bits per heavy atom. The van der Waals surface area contributed by atoms with Crippen LogP contribution in [0.3, 0.4) is 0 Å². The summed E-state index contributed by atoms with van der Waals surface area (Å²) < 4.78 is 5.99. The molecule has 234 valence electrons. The van der Waals surface area contributed by atoms with E-state index in [1.807, 2.05) is 42.6 Å². The Morgan fingerprint density at radius 1 is 1.07 bits per heavy atom. The second kappa shape index (κ2) is 11.7. The Kier molecular flexibility index (Phi) is 7.74. The molecule has 1 fully saturated rings. The van der Waals surface area contributed by atoms with E-state index in [2.05, 4.69) is 57.6 Å². The zero-order valence-corrected chi connectivity index (χ0v) is 26.9. The number of hydrogen-bond donors (Lipinski definition) is 2. The first kappa shape index (κ1) is 29.7. The number of aromatic amines is 1. The number of H-pyrrole nitrogens is 1. The monoisotopic (exact) mass is 625 g/mol. The van der Waals surface area contributed by atoms with Gasteiger partial charge in [-0.2, -0.15) is 4.98 Å². The minimum Gasteiger partial charge on any atom is -0.478 e. The van der Waals surface area contributed by atoms with Crippen LogP contribution in [0.5, 0.6) is 5.88 Å². The van der Waals surface area contributed by atoms with Crippen LogP contribution in [0, 0.1) is 5.41 Å². The molecule has 2 N–H and O–H groups in total. The summed E-state index contributed by atoms with van der Waals surface area (Å²) in [5.41, 5.74) is 8.11. The predicted molar refractivity (Wildman–Crippen MR) is 181 cm³/mol. The number of fused-ring (bicyclic) bond motifs is 2. The number of carboxylic acids is 1. The molecule has 4 aromatic rings. The van der Waals surface area contributed by atoms with Crippen LogP contribution in [0.15, 0.2) is 66.4 Å². The molecular formula is C36H40ClN5O3. The van der Waals surface area contributed by atoms with Crippen molar-refractivity contribution in [3.05, 3.63) is 82.5 Å². The van der Waals surface area contributed by atoms with E-state index in [4.69, 9.17) is 16.3 Å². The van der Waals surface area contributed by atoms with Crippen molar-refractivity contribution in [2.75, 3.05) is 49.1 Å². The quantitative estimate of drug-likeness (QED) is 0.228. The van der Waals surface area contributed by atoms with Gasteiger partial charge in [0.05, 0.1) is 17.3 Å². The fourth-order valence-electron chi connectivity index (χ4n) is 7.11. The summed E-state index contributed by atoms with van der Waals surface area (Å²) in [5.74, 6) is -0.436. The van der Waals surface area contributed by atoms with Crippen LogP contribution in [0.25, 0.3) is 16.6 Å². The van der Waals surface area contributed by atoms with Crippen molar-refractivity contribution in [3.63, 3.8) is 0 Å². The summed E-state index contributed by atoms with van der Waals surface area (Å²) >= 11 is 6.22. The predicted octanol–water partition coefficient (Wildman–Crippen LogP) is 7.62. The van der Waals surface area contributed by atoms with Gasteiger partial charge in [-0.05, 0) is 85.2 Å². The van der Waals surface area contributed by atoms with Gasteiger partial charge in [0.15, 0.2) is 0 Å². The highest BCUT2D eigenvalue weighted by molar-refractivity contribution is 6.30. The number of aromatic nitrogens is 2. The molecule has 1 unspecified atom stereocenters. The molecule has 1 atom stereocenters. The first-order valence-electron chi connectivity index (χ1n) is 15.9. The lowest BCUT2D eigenvalue weighted by molar-refractivity contribution is 0.0697. The molecule has 1 aliphatic carbocycles. The third-order valence-electron chi connectivity index (χ3n) is 9.64. The van der Waals surface area contributed by atoms with Gasteiger partial charge in [0.25, 0.3) is 0 Å². The smallest absolute Gasteiger partial charge is 0.337 e. The Balaban J connectivity index is 1.13. The van der Waals surface area contributed by atoms with Crippen molar-refractivity contribution in [3.8, 4) is 5.88 Å². The van der Waals surface area contributed by atoms with Crippen molar-refractivity contribution in [2.45, 2.75) is 46.1 Å². The minimum atomic E-state index is -0.947. The number of anilines is 3. The number of pyridine rings is 1. The lowest BCUT2D eigenvalue weighted by Crippen LogP contribution is -2.47. The van der Waals surface area contributed by atoms with Gasteiger partial charge in [-0.3, -0.25) is 4.90 Å². The highest BCUT2D eigenvalue weighted by Gasteiger charge is 2.32. The molecule has 1 saturated heterocycles. The number of halogens is 1. The van der Waals surface area contributed by atoms with E-state index in [0.29, 0.717) is 23.6 Å². The zero-order chi connectivity index (χ0) is 31.3. The van der Waals surface area contributed by atoms with Gasteiger partial charge in [0, 0.05) is 55.0 Å². The van der Waals surface area contributed by atoms with E-state index in [1.54, 1.807) is 11.6 Å². The number of aromatic carboxylic acids is 1. The Hall–Kier alpha value is -4.01. The molecule has 0 bridgehead atoms. The number of hydrogen-bond acceptors (Lipinski definition) is 6. The molecule has 0 amide bonds. The first-order valence-corrected chi connectivity index (χ1v) is 16.2. The van der Waals surface area contributed by atoms with Crippen molar-refractivity contribution in [2.24, 2.45) is 5.41 Å². The van der Waals surface area contributed by atoms with Crippen molar-refractivity contribution < 1.29 is 14.6 Å². The molecule has 0 spiro atoms. The molecule has 3 aliphatic rings. The summed E-state index contributed by atoms with van der Waals surface area (Å²) in [7, 11) is 0. The maximum absolute atomic E-state index is 12.4. The van der Waals surface area contributed by atoms with Crippen LogP contribution in [-0.2, 0) is 0 Å². The number of nitrogens with zero attached hydrogens (tertiary/aromatic N) is 4. The standard InChI is InChI=1S/C36H40ClN5O3/c1-23-22-45-34-32(18-25-11-13-38-33(25)39-34)42(23)31-19-28(8-9-29(31)35(43)44)41-16-14-40(15-17-41)21-26-10-12-36(2,3)20-30(26)24-4-6-27(37)7-5-24/h4-9,11,13,18-19,23H,10,12,14-17,20-22H2,1-3H3,(H,38,39)(H,43,44). The maximum atomic E-state index is 12.4. The SMILES string of the molecule is CC1COc2nc3[nH]ccc3cc2N1c1cc(N2CCN(CC3=C(c4ccc(Cl)cc4)CC(C)(C)CC3)CC2)ccc1C(=O)O. The average Bonchev–Trinajstić information content (AvgIpc) is 3.49. The minimum absolute atomic E-state index is 0.0653. The van der Waals surface area contributed by atoms with Crippen LogP contribution in [0.2, 0.25) is 5.02 Å². The molecule has 9 heteroatoms. The summed E-state index contributed by atoms with van der Waals surface area (Å²) in [6.07, 6.45) is 5.25. The van der Waals surface area contributed by atoms with Crippen LogP contribution >= 0.6 is 11.6 Å². The molecular weight excluding hydrogens is 586 g/mol. The van der Waals surface area contributed by atoms with Crippen LogP contribution in [0.1, 0.15) is 56.0 Å². The van der Waals surface area contributed by atoms with Gasteiger partial charge < -0.3 is 24.6 Å². The average molecular weight is 626 g/mol. The van der Waals surface area contributed by atoms with E-state index in [9.17, 15) is 9.90 Å². The van der Waals surface area contributed by atoms with Gasteiger partial charge in [0.2, 0.25) is 5.88 Å². The topological polar surface area (TPSA) is 84.9 Å². The number of ether oxygens (including phenoxy) is 1. The number of piperazine rings is 1. The molecule has 0 radical (unpaired) electrons. The Labute approximate surface area is 269 Å². The van der Waals surface area contributed by atoms with Gasteiger partial charge in [-0.25, -0.2) is 4.79 Å². The van der Waals surface area contributed by atoms with Crippen LogP contribution < -0.4 is 14.5 Å². The lowest BCUT2D eigenvalue weighted by Gasteiger charge is -2.40. The number of allylic oxidation sites excluding steroid dienone is 1. The molecule has 7 rings (SSSR count). The summed E-state index contributed by atoms with van der Waals surface area (Å²) in [4.78, 5) is 27.3. The zero-order valence-electron chi connectivity index (χ0n) is 26.1. The molecule has 4 heterocycles. The summed E-state index contributed by atoms with van der Waals surface area (Å²) in [6.45, 7) is 11.8. The van der Waals surface area contributed by atoms with Gasteiger partial charge >= 0.3 is 5.97 Å². The normalized spacial score (nSPS) is 20.3. The van der Waals surface area contributed by atoms with E-state index in [1.165, 1.54) is 17.6 Å². The van der Waals surface area contributed by atoms with Gasteiger partial charge in [0.1, 0.15) is 17.9 Å². The number of nitrogens with one attached hydrogen (secondary N) is 1. The second-order valence-electron chi connectivity index (χ2n) is 13.5. The largest absolute Gasteiger partial charge is 0.478 e. The molecule has 2 aromatic heterocycles. The van der Waals surface area contributed by atoms with E-state index < -0.39 is 5.97 Å². The second-order valence-corrected chi connectivity index (χ2v) is 13.9. The Morgan fingerprint density at radius 2 is 1.84 bits per heavy atom. The third kappa shape index (κ3) is 5.89. The Bertz CT molecular complexity index is 1770. The van der Waals surface area contributed by atoms with Crippen molar-refractivity contribution in [1.29, 1.82) is 0 Å². The van der Waals surface area contributed by atoms with E-state index in [-0.39, 0.29) is 11.6 Å². The fourth-order valence-corrected chi connectivity index (χ4v) is 7.23. The first-order chi connectivity index (χ1) is 21.6. The highest BCUT2D eigenvalue weighted by atomic mass is 35.5. The van der Waals surface area contributed by atoms with Crippen LogP contribution in [0.4, 0.5) is 17.1 Å². The third-order valence-corrected chi connectivity index (χ3v) is 9.90. The highest BCUT2D eigenvalue weighted by Crippen LogP contribution is 2.44. The number of benzene rings is 2. The fraction of sp³-hybridized carbons (Fsp3) is 0.389. The van der Waals surface area contributed by atoms with Crippen molar-refractivity contribution in [1.82, 2.24) is 14.9 Å². The van der Waals surface area contributed by atoms with Gasteiger partial charge in [-0.15, -0.1) is 0 Å². The summed E-state index contributed by atoms with van der Waals surface area (Å²) in [6, 6.07) is 18.0. The lowest BCUT2D eigenvalue weighted by atomic mass is 9.72. The molecule has 2 aliphatic heterocycles. The molecule has 0 saturated carbocycles. The molecule has 2 aromatic carbocycles. The number of rotatable bonds is 6.